The molecule has 0 aliphatic heterocycles. The van der Waals surface area contributed by atoms with Gasteiger partial charge in [0.1, 0.15) is 17.1 Å². The fraction of sp³-hybridized carbons (Fsp3) is 0.130. The van der Waals surface area contributed by atoms with Gasteiger partial charge in [0.05, 0.1) is 19.9 Å². The number of nitrogens with one attached hydrogen (secondary N) is 1. The van der Waals surface area contributed by atoms with Crippen molar-refractivity contribution < 1.29 is 18.7 Å². The van der Waals surface area contributed by atoms with E-state index in [4.69, 9.17) is 13.9 Å². The maximum Gasteiger partial charge on any atom is 0.307 e. The summed E-state index contributed by atoms with van der Waals surface area (Å²) >= 11 is 0. The summed E-state index contributed by atoms with van der Waals surface area (Å²) in [5.41, 5.74) is 4.00. The molecule has 0 spiro atoms. The van der Waals surface area contributed by atoms with Crippen LogP contribution in [-0.2, 0) is 0 Å². The zero-order valence-corrected chi connectivity index (χ0v) is 16.1. The lowest BCUT2D eigenvalue weighted by Gasteiger charge is -2.07. The van der Waals surface area contributed by atoms with Gasteiger partial charge in [-0.05, 0) is 48.7 Å². The van der Waals surface area contributed by atoms with Gasteiger partial charge in [0.25, 0.3) is 0 Å². The Morgan fingerprint density at radius 3 is 2.72 bits per heavy atom. The minimum absolute atomic E-state index is 0.186. The van der Waals surface area contributed by atoms with E-state index in [0.717, 1.165) is 33.2 Å². The smallest absolute Gasteiger partial charge is 0.307 e. The van der Waals surface area contributed by atoms with E-state index < -0.39 is 5.91 Å². The van der Waals surface area contributed by atoms with Crippen LogP contribution in [0.4, 0.5) is 0 Å². The number of furan rings is 1. The summed E-state index contributed by atoms with van der Waals surface area (Å²) in [6, 6.07) is 18.7. The number of amides is 1. The van der Waals surface area contributed by atoms with Crippen molar-refractivity contribution >= 4 is 33.9 Å². The zero-order valence-electron chi connectivity index (χ0n) is 16.1. The van der Waals surface area contributed by atoms with E-state index in [-0.39, 0.29) is 5.76 Å². The maximum atomic E-state index is 12.4. The molecule has 1 aromatic heterocycles. The number of hydrazone groups is 1. The van der Waals surface area contributed by atoms with Gasteiger partial charge in [0, 0.05) is 16.3 Å². The molecule has 4 aromatic rings. The number of ether oxygens (including phenoxy) is 2. The number of nitrogens with zero attached hydrogens (tertiary/aromatic N) is 1. The molecule has 0 bridgehead atoms. The normalized spacial score (nSPS) is 11.2. The highest BCUT2D eigenvalue weighted by molar-refractivity contribution is 6.03. The molecule has 1 N–H and O–H groups in total. The zero-order chi connectivity index (χ0) is 20.2. The van der Waals surface area contributed by atoms with Crippen molar-refractivity contribution in [2.24, 2.45) is 5.10 Å². The number of methoxy groups -OCH3 is 1. The average molecular weight is 388 g/mol. The monoisotopic (exact) mass is 388 g/mol. The number of fused-ring (bicyclic) bond motifs is 2. The van der Waals surface area contributed by atoms with Crippen LogP contribution in [0.3, 0.4) is 0 Å². The molecule has 0 fully saturated rings. The Kier molecular flexibility index (Phi) is 5.16. The van der Waals surface area contributed by atoms with E-state index in [2.05, 4.69) is 10.5 Å². The number of hydrogen-bond acceptors (Lipinski definition) is 5. The van der Waals surface area contributed by atoms with E-state index in [1.807, 2.05) is 55.5 Å². The topological polar surface area (TPSA) is 73.1 Å². The minimum Gasteiger partial charge on any atom is -0.496 e. The lowest BCUT2D eigenvalue weighted by molar-refractivity contribution is 0.0929. The largest absolute Gasteiger partial charge is 0.496 e. The summed E-state index contributed by atoms with van der Waals surface area (Å²) in [7, 11) is 1.64. The minimum atomic E-state index is -0.423. The maximum absolute atomic E-state index is 12.4. The third kappa shape index (κ3) is 3.78. The highest BCUT2D eigenvalue weighted by Crippen LogP contribution is 2.27. The van der Waals surface area contributed by atoms with Crippen molar-refractivity contribution in [2.45, 2.75) is 6.92 Å². The molecular weight excluding hydrogens is 368 g/mol. The second-order valence-corrected chi connectivity index (χ2v) is 6.35. The van der Waals surface area contributed by atoms with Gasteiger partial charge in [-0.3, -0.25) is 4.79 Å². The van der Waals surface area contributed by atoms with Crippen LogP contribution in [0.5, 0.6) is 11.5 Å². The molecule has 146 valence electrons. The Bertz CT molecular complexity index is 1210. The highest BCUT2D eigenvalue weighted by Gasteiger charge is 2.12. The van der Waals surface area contributed by atoms with Crippen LogP contribution in [0.1, 0.15) is 23.0 Å². The standard InChI is InChI=1S/C23H20N2O4/c1-3-28-17-9-11-20-16(12-17)13-22(29-20)23(26)25-24-14-15-8-10-21(27-2)19-7-5-4-6-18(15)19/h4-14H,3H2,1-2H3,(H,25,26)/b24-14+. The molecule has 0 saturated carbocycles. The van der Waals surface area contributed by atoms with Gasteiger partial charge in [-0.15, -0.1) is 0 Å². The number of benzene rings is 3. The van der Waals surface area contributed by atoms with E-state index in [0.29, 0.717) is 12.2 Å². The van der Waals surface area contributed by atoms with E-state index in [1.54, 1.807) is 25.5 Å². The molecule has 0 atom stereocenters. The molecule has 0 unspecified atom stereocenters. The Morgan fingerprint density at radius 2 is 1.93 bits per heavy atom. The first-order valence-electron chi connectivity index (χ1n) is 9.25. The SMILES string of the molecule is CCOc1ccc2oc(C(=O)N/N=C/c3ccc(OC)c4ccccc34)cc2c1. The third-order valence-corrected chi connectivity index (χ3v) is 4.53. The van der Waals surface area contributed by atoms with Gasteiger partial charge < -0.3 is 13.9 Å². The van der Waals surface area contributed by atoms with Gasteiger partial charge in [-0.1, -0.05) is 24.3 Å². The van der Waals surface area contributed by atoms with Gasteiger partial charge in [0.15, 0.2) is 5.76 Å². The van der Waals surface area contributed by atoms with E-state index >= 15 is 0 Å². The summed E-state index contributed by atoms with van der Waals surface area (Å²) in [4.78, 5) is 12.4. The number of carbonyl (C=O) groups excluding carboxylic acids is 1. The summed E-state index contributed by atoms with van der Waals surface area (Å²) < 4.78 is 16.5. The van der Waals surface area contributed by atoms with Crippen molar-refractivity contribution in [1.29, 1.82) is 0 Å². The van der Waals surface area contributed by atoms with Crippen LogP contribution in [0.15, 0.2) is 70.2 Å². The summed E-state index contributed by atoms with van der Waals surface area (Å²) in [6.07, 6.45) is 1.61. The first kappa shape index (κ1) is 18.6. The molecule has 4 rings (SSSR count). The molecule has 0 aliphatic rings. The molecular formula is C23H20N2O4. The molecule has 0 saturated heterocycles. The summed E-state index contributed by atoms with van der Waals surface area (Å²) in [6.45, 7) is 2.49. The Labute approximate surface area is 167 Å². The van der Waals surface area contributed by atoms with E-state index in [1.165, 1.54) is 0 Å². The fourth-order valence-electron chi connectivity index (χ4n) is 3.19. The Hall–Kier alpha value is -3.80. The average Bonchev–Trinajstić information content (AvgIpc) is 3.17. The van der Waals surface area contributed by atoms with Crippen LogP contribution >= 0.6 is 0 Å². The molecule has 29 heavy (non-hydrogen) atoms. The van der Waals surface area contributed by atoms with Crippen LogP contribution in [0.25, 0.3) is 21.7 Å². The molecule has 1 heterocycles. The molecule has 3 aromatic carbocycles. The Morgan fingerprint density at radius 1 is 1.10 bits per heavy atom. The molecule has 0 aliphatic carbocycles. The Balaban J connectivity index is 1.53. The molecule has 0 radical (unpaired) electrons. The first-order chi connectivity index (χ1) is 14.2. The summed E-state index contributed by atoms with van der Waals surface area (Å²) in [5.74, 6) is 1.28. The van der Waals surface area contributed by atoms with Crippen LogP contribution in [0.2, 0.25) is 0 Å². The van der Waals surface area contributed by atoms with Crippen molar-refractivity contribution in [2.75, 3.05) is 13.7 Å². The highest BCUT2D eigenvalue weighted by atomic mass is 16.5. The van der Waals surface area contributed by atoms with E-state index in [9.17, 15) is 4.79 Å². The van der Waals surface area contributed by atoms with Gasteiger partial charge in [-0.2, -0.15) is 5.10 Å². The predicted molar refractivity (Wildman–Crippen MR) is 113 cm³/mol. The van der Waals surface area contributed by atoms with Crippen molar-refractivity contribution in [1.82, 2.24) is 5.43 Å². The lowest BCUT2D eigenvalue weighted by Crippen LogP contribution is -2.16. The molecule has 1 amide bonds. The van der Waals surface area contributed by atoms with Gasteiger partial charge in [-0.25, -0.2) is 5.43 Å². The third-order valence-electron chi connectivity index (χ3n) is 4.53. The first-order valence-corrected chi connectivity index (χ1v) is 9.25. The quantitative estimate of drug-likeness (QED) is 0.382. The van der Waals surface area contributed by atoms with Gasteiger partial charge >= 0.3 is 5.91 Å². The second kappa shape index (κ2) is 8.06. The predicted octanol–water partition coefficient (Wildman–Crippen LogP) is 4.76. The molecule has 6 heteroatoms. The molecule has 6 nitrogen and oxygen atoms in total. The van der Waals surface area contributed by atoms with Crippen molar-refractivity contribution in [3.05, 3.63) is 72.0 Å². The number of hydrogen-bond donors (Lipinski definition) is 1. The van der Waals surface area contributed by atoms with Crippen LogP contribution in [0, 0.1) is 0 Å². The van der Waals surface area contributed by atoms with Crippen molar-refractivity contribution in [3.8, 4) is 11.5 Å². The lowest BCUT2D eigenvalue weighted by atomic mass is 10.0. The summed E-state index contributed by atoms with van der Waals surface area (Å²) in [5, 5.41) is 6.85. The van der Waals surface area contributed by atoms with Crippen molar-refractivity contribution in [3.63, 3.8) is 0 Å². The number of rotatable bonds is 6. The van der Waals surface area contributed by atoms with Crippen LogP contribution in [-0.4, -0.2) is 25.8 Å². The number of carbonyl (C=O) groups is 1. The van der Waals surface area contributed by atoms with Crippen LogP contribution < -0.4 is 14.9 Å². The van der Waals surface area contributed by atoms with Gasteiger partial charge in [0.2, 0.25) is 0 Å². The fourth-order valence-corrected chi connectivity index (χ4v) is 3.19. The second-order valence-electron chi connectivity index (χ2n) is 6.35.